The standard InChI is InChI=1S/C10H16O2/c1-12-9(11)8-2-4-10(5-3-8)6-7-10/h8H,2-7H2,1H3. The van der Waals surface area contributed by atoms with Crippen LogP contribution in [-0.4, -0.2) is 13.1 Å². The van der Waals surface area contributed by atoms with E-state index in [1.54, 1.807) is 0 Å². The van der Waals surface area contributed by atoms with Gasteiger partial charge in [-0.2, -0.15) is 0 Å². The van der Waals surface area contributed by atoms with Crippen molar-refractivity contribution >= 4 is 5.97 Å². The Kier molecular flexibility index (Phi) is 1.85. The first-order valence-electron chi connectivity index (χ1n) is 4.84. The van der Waals surface area contributed by atoms with Crippen LogP contribution in [0.3, 0.4) is 0 Å². The Hall–Kier alpha value is -0.530. The van der Waals surface area contributed by atoms with Gasteiger partial charge in [-0.05, 0) is 43.9 Å². The van der Waals surface area contributed by atoms with Crippen LogP contribution >= 0.6 is 0 Å². The normalized spacial score (nSPS) is 27.1. The van der Waals surface area contributed by atoms with E-state index in [2.05, 4.69) is 0 Å². The van der Waals surface area contributed by atoms with Crippen molar-refractivity contribution in [2.24, 2.45) is 11.3 Å². The minimum absolute atomic E-state index is 0.00509. The molecule has 0 aliphatic heterocycles. The summed E-state index contributed by atoms with van der Waals surface area (Å²) in [6, 6.07) is 0. The highest BCUT2D eigenvalue weighted by molar-refractivity contribution is 5.72. The van der Waals surface area contributed by atoms with E-state index in [1.807, 2.05) is 0 Å². The Morgan fingerprint density at radius 2 is 1.83 bits per heavy atom. The highest BCUT2D eigenvalue weighted by Crippen LogP contribution is 2.57. The van der Waals surface area contributed by atoms with Gasteiger partial charge in [-0.3, -0.25) is 4.79 Å². The molecule has 0 amide bonds. The van der Waals surface area contributed by atoms with Gasteiger partial charge in [0.1, 0.15) is 0 Å². The molecule has 0 atom stereocenters. The number of esters is 1. The maximum Gasteiger partial charge on any atom is 0.308 e. The van der Waals surface area contributed by atoms with Crippen LogP contribution in [-0.2, 0) is 9.53 Å². The van der Waals surface area contributed by atoms with E-state index in [4.69, 9.17) is 4.74 Å². The Morgan fingerprint density at radius 3 is 2.25 bits per heavy atom. The second-order valence-electron chi connectivity index (χ2n) is 4.30. The Balaban J connectivity index is 1.85. The lowest BCUT2D eigenvalue weighted by molar-refractivity contribution is -0.146. The van der Waals surface area contributed by atoms with Crippen molar-refractivity contribution < 1.29 is 9.53 Å². The minimum Gasteiger partial charge on any atom is -0.469 e. The molecule has 2 nitrogen and oxygen atoms in total. The summed E-state index contributed by atoms with van der Waals surface area (Å²) >= 11 is 0. The molecule has 2 saturated carbocycles. The van der Waals surface area contributed by atoms with Crippen molar-refractivity contribution in [1.82, 2.24) is 0 Å². The number of hydrogen-bond acceptors (Lipinski definition) is 2. The average molecular weight is 168 g/mol. The van der Waals surface area contributed by atoms with Crippen LogP contribution in [0.1, 0.15) is 38.5 Å². The maximum atomic E-state index is 11.2. The van der Waals surface area contributed by atoms with Gasteiger partial charge in [-0.25, -0.2) is 0 Å². The third kappa shape index (κ3) is 1.35. The van der Waals surface area contributed by atoms with Crippen molar-refractivity contribution in [3.8, 4) is 0 Å². The van der Waals surface area contributed by atoms with Gasteiger partial charge in [0.05, 0.1) is 13.0 Å². The fourth-order valence-electron chi connectivity index (χ4n) is 2.31. The first kappa shape index (κ1) is 8.09. The molecular formula is C10H16O2. The number of hydrogen-bond donors (Lipinski definition) is 0. The van der Waals surface area contributed by atoms with Gasteiger partial charge in [0.2, 0.25) is 0 Å². The predicted octanol–water partition coefficient (Wildman–Crippen LogP) is 2.13. The van der Waals surface area contributed by atoms with E-state index in [9.17, 15) is 4.79 Å². The van der Waals surface area contributed by atoms with Gasteiger partial charge in [-0.15, -0.1) is 0 Å². The number of rotatable bonds is 1. The fraction of sp³-hybridized carbons (Fsp3) is 0.900. The second kappa shape index (κ2) is 2.75. The summed E-state index contributed by atoms with van der Waals surface area (Å²) in [5.74, 6) is 0.215. The minimum atomic E-state index is 0.00509. The van der Waals surface area contributed by atoms with Crippen LogP contribution in [0.2, 0.25) is 0 Å². The average Bonchev–Trinajstić information content (AvgIpc) is 2.85. The molecule has 0 heterocycles. The molecule has 2 rings (SSSR count). The van der Waals surface area contributed by atoms with Crippen LogP contribution in [0.4, 0.5) is 0 Å². The first-order valence-corrected chi connectivity index (χ1v) is 4.84. The second-order valence-corrected chi connectivity index (χ2v) is 4.30. The van der Waals surface area contributed by atoms with Gasteiger partial charge >= 0.3 is 5.97 Å². The van der Waals surface area contributed by atoms with Crippen molar-refractivity contribution in [2.45, 2.75) is 38.5 Å². The van der Waals surface area contributed by atoms with Gasteiger partial charge in [0.25, 0.3) is 0 Å². The molecule has 2 aliphatic rings. The Morgan fingerprint density at radius 1 is 1.25 bits per heavy atom. The zero-order chi connectivity index (χ0) is 8.60. The predicted molar refractivity (Wildman–Crippen MR) is 45.6 cm³/mol. The van der Waals surface area contributed by atoms with E-state index in [-0.39, 0.29) is 11.9 Å². The molecule has 12 heavy (non-hydrogen) atoms. The largest absolute Gasteiger partial charge is 0.469 e. The van der Waals surface area contributed by atoms with E-state index >= 15 is 0 Å². The summed E-state index contributed by atoms with van der Waals surface area (Å²) in [7, 11) is 1.49. The van der Waals surface area contributed by atoms with Crippen LogP contribution in [0.15, 0.2) is 0 Å². The van der Waals surface area contributed by atoms with Crippen LogP contribution < -0.4 is 0 Å². The van der Waals surface area contributed by atoms with Gasteiger partial charge < -0.3 is 4.74 Å². The fourth-order valence-corrected chi connectivity index (χ4v) is 2.31. The maximum absolute atomic E-state index is 11.2. The molecule has 2 aliphatic carbocycles. The van der Waals surface area contributed by atoms with E-state index in [0.29, 0.717) is 5.41 Å². The van der Waals surface area contributed by atoms with Gasteiger partial charge in [-0.1, -0.05) is 0 Å². The highest BCUT2D eigenvalue weighted by atomic mass is 16.5. The van der Waals surface area contributed by atoms with Crippen molar-refractivity contribution in [3.63, 3.8) is 0 Å². The summed E-state index contributed by atoms with van der Waals surface area (Å²) in [4.78, 5) is 11.2. The molecule has 0 aromatic heterocycles. The number of methoxy groups -OCH3 is 1. The SMILES string of the molecule is COC(=O)C1CCC2(CC1)CC2. The van der Waals surface area contributed by atoms with Crippen LogP contribution in [0.5, 0.6) is 0 Å². The third-order valence-electron chi connectivity index (χ3n) is 3.54. The molecule has 0 radical (unpaired) electrons. The molecule has 0 bridgehead atoms. The molecule has 2 fully saturated rings. The van der Waals surface area contributed by atoms with Gasteiger partial charge in [0.15, 0.2) is 0 Å². The molecule has 0 N–H and O–H groups in total. The number of carbonyl (C=O) groups is 1. The van der Waals surface area contributed by atoms with Crippen LogP contribution in [0, 0.1) is 11.3 Å². The summed E-state index contributed by atoms with van der Waals surface area (Å²) in [6.07, 6.45) is 7.45. The van der Waals surface area contributed by atoms with Crippen molar-refractivity contribution in [3.05, 3.63) is 0 Å². The zero-order valence-corrected chi connectivity index (χ0v) is 7.64. The van der Waals surface area contributed by atoms with E-state index in [0.717, 1.165) is 12.8 Å². The van der Waals surface area contributed by atoms with Crippen molar-refractivity contribution in [2.75, 3.05) is 7.11 Å². The topological polar surface area (TPSA) is 26.3 Å². The number of carbonyl (C=O) groups excluding carboxylic acids is 1. The summed E-state index contributed by atoms with van der Waals surface area (Å²) in [6.45, 7) is 0. The smallest absolute Gasteiger partial charge is 0.308 e. The summed E-state index contributed by atoms with van der Waals surface area (Å²) in [5, 5.41) is 0. The van der Waals surface area contributed by atoms with Crippen molar-refractivity contribution in [1.29, 1.82) is 0 Å². The highest BCUT2D eigenvalue weighted by Gasteiger charge is 2.45. The van der Waals surface area contributed by atoms with E-state index in [1.165, 1.54) is 32.8 Å². The molecule has 68 valence electrons. The molecule has 0 aromatic carbocycles. The lowest BCUT2D eigenvalue weighted by Gasteiger charge is -2.26. The molecule has 2 heteroatoms. The van der Waals surface area contributed by atoms with E-state index < -0.39 is 0 Å². The molecule has 1 spiro atoms. The lowest BCUT2D eigenvalue weighted by atomic mass is 9.80. The summed E-state index contributed by atoms with van der Waals surface area (Å²) < 4.78 is 4.74. The Bertz CT molecular complexity index is 184. The molecule has 0 unspecified atom stereocenters. The quantitative estimate of drug-likeness (QED) is 0.561. The monoisotopic (exact) mass is 168 g/mol. The Labute approximate surface area is 73.3 Å². The molecule has 0 saturated heterocycles. The first-order chi connectivity index (χ1) is 5.76. The number of ether oxygens (including phenoxy) is 1. The molecular weight excluding hydrogens is 152 g/mol. The zero-order valence-electron chi connectivity index (χ0n) is 7.64. The summed E-state index contributed by atoms with van der Waals surface area (Å²) in [5.41, 5.74) is 0.685. The third-order valence-corrected chi connectivity index (χ3v) is 3.54. The lowest BCUT2D eigenvalue weighted by Crippen LogP contribution is -2.23. The van der Waals surface area contributed by atoms with Crippen LogP contribution in [0.25, 0.3) is 0 Å². The molecule has 0 aromatic rings. The van der Waals surface area contributed by atoms with Gasteiger partial charge in [0, 0.05) is 0 Å².